The minimum atomic E-state index is -1.55. The molecule has 19 nitrogen and oxygen atoms in total. The van der Waals surface area contributed by atoms with Crippen molar-refractivity contribution in [1.82, 2.24) is 15.2 Å². The summed E-state index contributed by atoms with van der Waals surface area (Å²) in [5.74, 6) is 11.4. The fourth-order valence-electron chi connectivity index (χ4n) is 10.3. The number of hydrogen-bond donors (Lipinski definition) is 5. The van der Waals surface area contributed by atoms with Gasteiger partial charge >= 0.3 is 5.97 Å². The number of aliphatic hydroxyl groups is 3. The lowest BCUT2D eigenvalue weighted by atomic mass is 9.88. The van der Waals surface area contributed by atoms with Crippen molar-refractivity contribution in [2.45, 2.75) is 145 Å². The minimum absolute atomic E-state index is 0.0664. The molecule has 73 heavy (non-hydrogen) atoms. The molecule has 2 aromatic carbocycles. The van der Waals surface area contributed by atoms with E-state index in [2.05, 4.69) is 34.0 Å². The van der Waals surface area contributed by atoms with Crippen molar-refractivity contribution >= 4 is 34.2 Å². The number of benzene rings is 2. The number of halogens is 1. The number of likely N-dealkylation sites (N-methyl/N-ethyl adjacent to an activating group) is 1. The first-order chi connectivity index (χ1) is 34.7. The van der Waals surface area contributed by atoms with E-state index in [1.54, 1.807) is 31.2 Å². The summed E-state index contributed by atoms with van der Waals surface area (Å²) in [7, 11) is 6.58. The van der Waals surface area contributed by atoms with Gasteiger partial charge in [0.05, 0.1) is 55.8 Å². The maximum atomic E-state index is 14.5. The van der Waals surface area contributed by atoms with Crippen LogP contribution < -0.4 is 24.3 Å². The van der Waals surface area contributed by atoms with E-state index in [4.69, 9.17) is 59.0 Å². The molecule has 3 saturated heterocycles. The Kier molecular flexibility index (Phi) is 14.7. The van der Waals surface area contributed by atoms with Crippen LogP contribution in [-0.2, 0) is 39.6 Å². The number of ether oxygens (including phenoxy) is 10. The summed E-state index contributed by atoms with van der Waals surface area (Å²) in [6, 6.07) is 5.81. The van der Waals surface area contributed by atoms with Gasteiger partial charge in [-0.3, -0.25) is 4.79 Å². The Morgan fingerprint density at radius 2 is 1.78 bits per heavy atom. The summed E-state index contributed by atoms with van der Waals surface area (Å²) < 4.78 is 61.9. The number of allylic oxidation sites excluding steroid dienone is 1. The Morgan fingerprint density at radius 3 is 2.47 bits per heavy atom. The van der Waals surface area contributed by atoms with E-state index < -0.39 is 103 Å². The second-order valence-electron chi connectivity index (χ2n) is 19.7. The van der Waals surface area contributed by atoms with Crippen molar-refractivity contribution in [2.24, 2.45) is 0 Å². The number of carbonyl (C=O) groups is 2. The molecule has 5 bridgehead atoms. The lowest BCUT2D eigenvalue weighted by molar-refractivity contribution is -0.290. The molecule has 20 heteroatoms. The summed E-state index contributed by atoms with van der Waals surface area (Å²) in [6.45, 7) is 8.20. The monoisotopic (exact) mass is 1030 g/mol. The molecule has 390 valence electrons. The summed E-state index contributed by atoms with van der Waals surface area (Å²) >= 11 is 6.86. The first-order valence-corrected chi connectivity index (χ1v) is 24.5. The quantitative estimate of drug-likeness (QED) is 0.0800. The number of aromatic nitrogens is 1. The topological polar surface area (TPSA) is 239 Å². The van der Waals surface area contributed by atoms with E-state index in [-0.39, 0.29) is 70.6 Å². The third-order valence-corrected chi connectivity index (χ3v) is 14.1. The van der Waals surface area contributed by atoms with E-state index in [0.29, 0.717) is 22.1 Å². The first kappa shape index (κ1) is 52.2. The van der Waals surface area contributed by atoms with Gasteiger partial charge in [0.25, 0.3) is 5.91 Å². The average molecular weight is 1030 g/mol. The van der Waals surface area contributed by atoms with Crippen LogP contribution in [0.1, 0.15) is 63.5 Å². The van der Waals surface area contributed by atoms with Gasteiger partial charge in [-0.15, -0.1) is 0 Å². The van der Waals surface area contributed by atoms with Crippen LogP contribution in [0.4, 0.5) is 0 Å². The zero-order chi connectivity index (χ0) is 52.3. The van der Waals surface area contributed by atoms with Crippen LogP contribution in [-0.4, -0.2) is 168 Å². The van der Waals surface area contributed by atoms with Crippen LogP contribution in [0.2, 0.25) is 5.15 Å². The summed E-state index contributed by atoms with van der Waals surface area (Å²) in [5.41, 5.74) is -2.05. The molecule has 5 N–H and O–H groups in total. The fraction of sp³-hybridized carbons (Fsp3) is 0.528. The third-order valence-electron chi connectivity index (χ3n) is 13.8. The number of pyridine rings is 1. The van der Waals surface area contributed by atoms with Crippen LogP contribution in [0.5, 0.6) is 28.7 Å². The van der Waals surface area contributed by atoms with Gasteiger partial charge < -0.3 is 78.0 Å². The molecule has 5 aliphatic heterocycles. The largest absolute Gasteiger partial charge is 0.507 e. The Balaban J connectivity index is 1.09. The van der Waals surface area contributed by atoms with Gasteiger partial charge in [0, 0.05) is 47.6 Å². The maximum absolute atomic E-state index is 14.5. The highest BCUT2D eigenvalue weighted by atomic mass is 35.5. The lowest BCUT2D eigenvalue weighted by Gasteiger charge is -2.43. The van der Waals surface area contributed by atoms with Gasteiger partial charge in [-0.2, -0.15) is 0 Å². The molecule has 0 saturated carbocycles. The highest BCUT2D eigenvalue weighted by Gasteiger charge is 2.70. The summed E-state index contributed by atoms with van der Waals surface area (Å²) in [6.07, 6.45) is -6.35. The Labute approximate surface area is 427 Å². The lowest BCUT2D eigenvalue weighted by Crippen LogP contribution is -2.57. The highest BCUT2D eigenvalue weighted by Crippen LogP contribution is 2.54. The number of nitrogens with one attached hydrogen (secondary N) is 1. The molecule has 2 aliphatic carbocycles. The standard InChI is InChI=1S/C53H60ClN3O16/c1-25(2)67-38-18-29-17-35(58)33(21-32(29)45(64-8)46(38)65-9)50(61)56-34-20-31-15-16-37(49(54)55-31)70-39-19-30-14-13-28(40(24-66-51(34)62)71-42-22-36(59)44(57(6)7)26(3)68-42)11-10-12-41-53(30,73-41)48(39)72-43-23-52(5,63)47(60)27(4)69-43/h11,15-19,21,25-27,34,36,39-44,47-48,58-60,63H,20,22-24H2,1-9H3,(H,56,61)/t26-,27+,34?,36-,39-,40?,41-,42-,43-,44+,47-,48+,52+,53?/m0/s1. The minimum Gasteiger partial charge on any atom is -0.507 e. The zero-order valence-corrected chi connectivity index (χ0v) is 42.6. The molecular formula is C53H60ClN3O16. The predicted octanol–water partition coefficient (Wildman–Crippen LogP) is 3.51. The average Bonchev–Trinajstić information content (AvgIpc) is 3.95. The molecule has 1 spiro atoms. The van der Waals surface area contributed by atoms with Crippen LogP contribution in [0.3, 0.4) is 0 Å². The van der Waals surface area contributed by atoms with E-state index in [1.165, 1.54) is 39.4 Å². The number of aliphatic hydroxyl groups excluding tert-OH is 2. The van der Waals surface area contributed by atoms with Gasteiger partial charge in [0.1, 0.15) is 42.8 Å². The molecule has 3 fully saturated rings. The van der Waals surface area contributed by atoms with Crippen molar-refractivity contribution in [2.75, 3.05) is 34.9 Å². The number of amides is 1. The number of methoxy groups -OCH3 is 2. The van der Waals surface area contributed by atoms with Gasteiger partial charge in [-0.05, 0) is 90.5 Å². The summed E-state index contributed by atoms with van der Waals surface area (Å²) in [5, 5.41) is 48.0. The van der Waals surface area contributed by atoms with E-state index in [1.807, 2.05) is 39.8 Å². The molecule has 6 heterocycles. The Morgan fingerprint density at radius 1 is 1.03 bits per heavy atom. The number of fused-ring (bicyclic) bond motifs is 8. The number of phenolic OH excluding ortho intramolecular Hbond substituents is 1. The number of rotatable bonds is 11. The first-order valence-electron chi connectivity index (χ1n) is 24.1. The predicted molar refractivity (Wildman–Crippen MR) is 261 cm³/mol. The van der Waals surface area contributed by atoms with Crippen molar-refractivity contribution in [3.8, 4) is 52.4 Å². The molecule has 3 aromatic rings. The molecule has 1 aromatic heterocycles. The van der Waals surface area contributed by atoms with E-state index in [0.717, 1.165) is 0 Å². The van der Waals surface area contributed by atoms with Crippen molar-refractivity contribution in [3.63, 3.8) is 0 Å². The third kappa shape index (κ3) is 10.3. The molecule has 3 unspecified atom stereocenters. The van der Waals surface area contributed by atoms with E-state index >= 15 is 0 Å². The number of carbonyl (C=O) groups excluding carboxylic acids is 2. The van der Waals surface area contributed by atoms with Gasteiger partial charge in [0.15, 0.2) is 46.7 Å². The fourth-order valence-corrected chi connectivity index (χ4v) is 10.5. The molecule has 7 aliphatic rings. The van der Waals surface area contributed by atoms with Crippen LogP contribution in [0.15, 0.2) is 53.6 Å². The van der Waals surface area contributed by atoms with Crippen molar-refractivity contribution in [1.29, 1.82) is 0 Å². The molecule has 0 radical (unpaired) electrons. The smallest absolute Gasteiger partial charge is 0.329 e. The molecule has 14 atom stereocenters. The second kappa shape index (κ2) is 20.6. The van der Waals surface area contributed by atoms with Crippen molar-refractivity contribution in [3.05, 3.63) is 70.0 Å². The number of nitrogens with zero attached hydrogens (tertiary/aromatic N) is 2. The number of phenols is 1. The second-order valence-corrected chi connectivity index (χ2v) is 20.1. The molecular weight excluding hydrogens is 970 g/mol. The summed E-state index contributed by atoms with van der Waals surface area (Å²) in [4.78, 5) is 35.3. The Hall–Kier alpha value is -5.68. The zero-order valence-electron chi connectivity index (χ0n) is 41.8. The van der Waals surface area contributed by atoms with Gasteiger partial charge in [-0.25, -0.2) is 9.78 Å². The number of epoxide rings is 1. The number of esters is 1. The SMILES string of the molecule is COc1c(OC(C)C)cc2cc(O)c(C(=O)NC3Cc4ccc(c(Cl)n4)O[C@H]4C=C5C#CC(=CC#C[C@@H]6OC56[C@@H]4O[C@H]4C[C@@](C)(O)[C@@H](O)[C@@H](C)O4)C(O[C@H]4C[C@H](O)[C@H](N(C)C)[C@H](C)O4)COC3=O)cc2c1OC. The van der Waals surface area contributed by atoms with Crippen LogP contribution >= 0.6 is 11.6 Å². The highest BCUT2D eigenvalue weighted by molar-refractivity contribution is 6.30. The normalized spacial score (nSPS) is 33.6. The maximum Gasteiger partial charge on any atom is 0.329 e. The number of aromatic hydroxyl groups is 1. The van der Waals surface area contributed by atoms with Gasteiger partial charge in [0.2, 0.25) is 5.75 Å². The van der Waals surface area contributed by atoms with E-state index in [9.17, 15) is 30.0 Å². The van der Waals surface area contributed by atoms with Gasteiger partial charge in [-0.1, -0.05) is 35.3 Å². The molecule has 10 rings (SSSR count). The van der Waals surface area contributed by atoms with Crippen LogP contribution in [0.25, 0.3) is 10.8 Å². The van der Waals surface area contributed by atoms with Crippen molar-refractivity contribution < 1.29 is 77.4 Å². The van der Waals surface area contributed by atoms with Crippen LogP contribution in [0, 0.1) is 23.7 Å². The Bertz CT molecular complexity index is 2840. The number of hydrogen-bond acceptors (Lipinski definition) is 18. The molecule has 1 amide bonds.